The Hall–Kier alpha value is -0.180. The zero-order chi connectivity index (χ0) is 14.5. The van der Waals surface area contributed by atoms with E-state index in [0.29, 0.717) is 12.1 Å². The van der Waals surface area contributed by atoms with Crippen molar-refractivity contribution in [2.45, 2.75) is 0 Å². The molecule has 1 aromatic carbocycles. The van der Waals surface area contributed by atoms with E-state index in [1.165, 1.54) is 0 Å². The summed E-state index contributed by atoms with van der Waals surface area (Å²) in [5.74, 6) is -0.00971. The average Bonchev–Trinajstić information content (AvgIpc) is 2.43. The quantitative estimate of drug-likeness (QED) is 0.711. The highest BCUT2D eigenvalue weighted by molar-refractivity contribution is 14.1. The molecule has 0 atom stereocenters. The largest absolute Gasteiger partial charge is 0.351 e. The summed E-state index contributed by atoms with van der Waals surface area (Å²) in [4.78, 5) is 16.9. The third kappa shape index (κ3) is 4.68. The zero-order valence-corrected chi connectivity index (χ0v) is 15.3. The maximum atomic E-state index is 12.1. The van der Waals surface area contributed by atoms with E-state index in [4.69, 9.17) is 0 Å². The van der Waals surface area contributed by atoms with E-state index in [9.17, 15) is 4.79 Å². The SMILES string of the molecule is CN1CCN(CCNC(=O)c2cc(I)ccc2Br)CC1. The second-order valence-electron chi connectivity index (χ2n) is 5.02. The number of nitrogens with zero attached hydrogens (tertiary/aromatic N) is 2. The van der Waals surface area contributed by atoms with Crippen LogP contribution in [-0.4, -0.2) is 62.0 Å². The number of hydrogen-bond donors (Lipinski definition) is 1. The predicted octanol–water partition coefficient (Wildman–Crippen LogP) is 2.03. The van der Waals surface area contributed by atoms with Crippen molar-refractivity contribution in [1.82, 2.24) is 15.1 Å². The number of rotatable bonds is 4. The van der Waals surface area contributed by atoms with Crippen LogP contribution in [0.15, 0.2) is 22.7 Å². The van der Waals surface area contributed by atoms with Gasteiger partial charge in [0, 0.05) is 47.3 Å². The summed E-state index contributed by atoms with van der Waals surface area (Å²) in [7, 11) is 2.15. The summed E-state index contributed by atoms with van der Waals surface area (Å²) >= 11 is 5.64. The second kappa shape index (κ2) is 7.72. The molecule has 0 saturated carbocycles. The van der Waals surface area contributed by atoms with Crippen LogP contribution in [-0.2, 0) is 0 Å². The number of amides is 1. The third-order valence-electron chi connectivity index (χ3n) is 3.48. The first-order valence-corrected chi connectivity index (χ1v) is 8.57. The molecule has 0 unspecified atom stereocenters. The number of nitrogens with one attached hydrogen (secondary N) is 1. The van der Waals surface area contributed by atoms with Crippen LogP contribution < -0.4 is 5.32 Å². The highest BCUT2D eigenvalue weighted by atomic mass is 127. The molecule has 1 aromatic rings. The smallest absolute Gasteiger partial charge is 0.252 e. The lowest BCUT2D eigenvalue weighted by atomic mass is 10.2. The molecule has 20 heavy (non-hydrogen) atoms. The molecule has 0 aliphatic carbocycles. The van der Waals surface area contributed by atoms with Gasteiger partial charge >= 0.3 is 0 Å². The van der Waals surface area contributed by atoms with Crippen LogP contribution in [0.25, 0.3) is 0 Å². The minimum atomic E-state index is -0.00971. The summed E-state index contributed by atoms with van der Waals surface area (Å²) in [5.41, 5.74) is 0.704. The van der Waals surface area contributed by atoms with Crippen molar-refractivity contribution in [3.05, 3.63) is 31.8 Å². The fraction of sp³-hybridized carbons (Fsp3) is 0.500. The lowest BCUT2D eigenvalue weighted by Crippen LogP contribution is -2.46. The van der Waals surface area contributed by atoms with E-state index in [1.54, 1.807) is 0 Å². The molecule has 1 fully saturated rings. The molecule has 1 saturated heterocycles. The Balaban J connectivity index is 1.79. The molecule has 0 spiro atoms. The van der Waals surface area contributed by atoms with Gasteiger partial charge in [-0.05, 0) is 63.8 Å². The highest BCUT2D eigenvalue weighted by Crippen LogP contribution is 2.19. The van der Waals surface area contributed by atoms with Gasteiger partial charge < -0.3 is 10.2 Å². The summed E-state index contributed by atoms with van der Waals surface area (Å²) < 4.78 is 1.91. The Morgan fingerprint density at radius 1 is 1.35 bits per heavy atom. The lowest BCUT2D eigenvalue weighted by molar-refractivity contribution is 0.0940. The maximum absolute atomic E-state index is 12.1. The molecule has 1 N–H and O–H groups in total. The first kappa shape index (κ1) is 16.2. The fourth-order valence-corrected chi connectivity index (χ4v) is 3.08. The standard InChI is InChI=1S/C14H19BrIN3O/c1-18-6-8-19(9-7-18)5-4-17-14(20)12-10-11(16)2-3-13(12)15/h2-3,10H,4-9H2,1H3,(H,17,20). The molecular formula is C14H19BrIN3O. The number of piperazine rings is 1. The molecule has 1 amide bonds. The molecule has 1 aliphatic heterocycles. The van der Waals surface area contributed by atoms with Crippen LogP contribution >= 0.6 is 38.5 Å². The predicted molar refractivity (Wildman–Crippen MR) is 93.1 cm³/mol. The van der Waals surface area contributed by atoms with Gasteiger partial charge in [0.05, 0.1) is 5.56 Å². The lowest BCUT2D eigenvalue weighted by Gasteiger charge is -2.32. The van der Waals surface area contributed by atoms with Gasteiger partial charge in [-0.1, -0.05) is 0 Å². The number of carbonyl (C=O) groups is 1. The molecule has 4 nitrogen and oxygen atoms in total. The van der Waals surface area contributed by atoms with Gasteiger partial charge in [-0.15, -0.1) is 0 Å². The molecule has 110 valence electrons. The average molecular weight is 452 g/mol. The van der Waals surface area contributed by atoms with Crippen LogP contribution in [0.5, 0.6) is 0 Å². The van der Waals surface area contributed by atoms with E-state index in [-0.39, 0.29) is 5.91 Å². The molecule has 1 heterocycles. The van der Waals surface area contributed by atoms with Crippen molar-refractivity contribution in [3.63, 3.8) is 0 Å². The van der Waals surface area contributed by atoms with Gasteiger partial charge in [0.2, 0.25) is 0 Å². The Labute approximate surface area is 142 Å². The number of halogens is 2. The first-order valence-electron chi connectivity index (χ1n) is 6.70. The van der Waals surface area contributed by atoms with Crippen LogP contribution in [0.3, 0.4) is 0 Å². The van der Waals surface area contributed by atoms with Crippen LogP contribution in [0.1, 0.15) is 10.4 Å². The van der Waals surface area contributed by atoms with Gasteiger partial charge in [0.25, 0.3) is 5.91 Å². The van der Waals surface area contributed by atoms with Crippen molar-refractivity contribution in [2.75, 3.05) is 46.3 Å². The molecule has 6 heteroatoms. The molecule has 0 radical (unpaired) electrons. The molecule has 0 aromatic heterocycles. The van der Waals surface area contributed by atoms with Crippen LogP contribution in [0.2, 0.25) is 0 Å². The summed E-state index contributed by atoms with van der Waals surface area (Å²) in [5, 5.41) is 3.00. The Morgan fingerprint density at radius 2 is 2.05 bits per heavy atom. The number of benzene rings is 1. The van der Waals surface area contributed by atoms with Crippen LogP contribution in [0.4, 0.5) is 0 Å². The van der Waals surface area contributed by atoms with E-state index in [2.05, 4.69) is 60.7 Å². The van der Waals surface area contributed by atoms with Gasteiger partial charge in [0.1, 0.15) is 0 Å². The number of likely N-dealkylation sites (N-methyl/N-ethyl adjacent to an activating group) is 1. The van der Waals surface area contributed by atoms with Crippen LogP contribution in [0, 0.1) is 3.57 Å². The number of carbonyl (C=O) groups excluding carboxylic acids is 1. The van der Waals surface area contributed by atoms with E-state index in [1.807, 2.05) is 18.2 Å². The minimum Gasteiger partial charge on any atom is -0.351 e. The topological polar surface area (TPSA) is 35.6 Å². The monoisotopic (exact) mass is 451 g/mol. The van der Waals surface area contributed by atoms with Gasteiger partial charge in [-0.2, -0.15) is 0 Å². The molecular weight excluding hydrogens is 433 g/mol. The Bertz CT molecular complexity index is 475. The van der Waals surface area contributed by atoms with Crippen molar-refractivity contribution < 1.29 is 4.79 Å². The van der Waals surface area contributed by atoms with E-state index in [0.717, 1.165) is 40.8 Å². The Kier molecular flexibility index (Phi) is 6.25. The van der Waals surface area contributed by atoms with E-state index < -0.39 is 0 Å². The van der Waals surface area contributed by atoms with Gasteiger partial charge in [-0.25, -0.2) is 0 Å². The molecule has 2 rings (SSSR count). The van der Waals surface area contributed by atoms with Crippen molar-refractivity contribution >= 4 is 44.4 Å². The normalized spacial score (nSPS) is 17.1. The fourth-order valence-electron chi connectivity index (χ4n) is 2.17. The first-order chi connectivity index (χ1) is 9.56. The molecule has 0 bridgehead atoms. The van der Waals surface area contributed by atoms with Crippen molar-refractivity contribution in [2.24, 2.45) is 0 Å². The van der Waals surface area contributed by atoms with Crippen molar-refractivity contribution in [3.8, 4) is 0 Å². The third-order valence-corrected chi connectivity index (χ3v) is 4.85. The minimum absolute atomic E-state index is 0.00971. The summed E-state index contributed by atoms with van der Waals surface area (Å²) in [6.07, 6.45) is 0. The van der Waals surface area contributed by atoms with Gasteiger partial charge in [-0.3, -0.25) is 9.69 Å². The zero-order valence-electron chi connectivity index (χ0n) is 11.5. The van der Waals surface area contributed by atoms with E-state index >= 15 is 0 Å². The Morgan fingerprint density at radius 3 is 2.75 bits per heavy atom. The summed E-state index contributed by atoms with van der Waals surface area (Å²) in [6.45, 7) is 5.99. The molecule has 1 aliphatic rings. The maximum Gasteiger partial charge on any atom is 0.252 e. The summed E-state index contributed by atoms with van der Waals surface area (Å²) in [6, 6.07) is 5.79. The highest BCUT2D eigenvalue weighted by Gasteiger charge is 2.14. The van der Waals surface area contributed by atoms with Crippen molar-refractivity contribution in [1.29, 1.82) is 0 Å². The second-order valence-corrected chi connectivity index (χ2v) is 7.12. The van der Waals surface area contributed by atoms with Gasteiger partial charge in [0.15, 0.2) is 0 Å². The number of hydrogen-bond acceptors (Lipinski definition) is 3.